The summed E-state index contributed by atoms with van der Waals surface area (Å²) in [5.74, 6) is 6.57. The minimum Gasteiger partial charge on any atom is -0.492 e. The number of pyridine rings is 1. The summed E-state index contributed by atoms with van der Waals surface area (Å²) in [5, 5.41) is 0. The Hall–Kier alpha value is -1.57. The highest BCUT2D eigenvalue weighted by Crippen LogP contribution is 2.18. The van der Waals surface area contributed by atoms with Crippen LogP contribution in [0, 0.1) is 11.8 Å². The number of nitrogens with zero attached hydrogens (tertiary/aromatic N) is 2. The maximum Gasteiger partial charge on any atom is 0.138 e. The standard InChI is InChI=1S/C16H23N3O/c1-19-9-3-2-6-15(19)7-10-20-16-11-14(5-4-8-17)12-18-13-16/h11-13,15H,2-3,6-10,17H2,1H3. The van der Waals surface area contributed by atoms with Crippen LogP contribution in [0.25, 0.3) is 0 Å². The molecule has 2 N–H and O–H groups in total. The molecule has 1 unspecified atom stereocenters. The Balaban J connectivity index is 1.81. The van der Waals surface area contributed by atoms with Gasteiger partial charge in [0.25, 0.3) is 0 Å². The van der Waals surface area contributed by atoms with Gasteiger partial charge in [-0.2, -0.15) is 0 Å². The first-order valence-electron chi connectivity index (χ1n) is 7.26. The molecule has 0 aliphatic carbocycles. The second-order valence-corrected chi connectivity index (χ2v) is 5.18. The molecule has 0 bridgehead atoms. The van der Waals surface area contributed by atoms with E-state index in [2.05, 4.69) is 28.8 Å². The molecule has 1 saturated heterocycles. The van der Waals surface area contributed by atoms with Gasteiger partial charge in [0, 0.05) is 17.8 Å². The average molecular weight is 273 g/mol. The number of hydrogen-bond acceptors (Lipinski definition) is 4. The van der Waals surface area contributed by atoms with Crippen molar-refractivity contribution >= 4 is 0 Å². The third-order valence-corrected chi connectivity index (χ3v) is 3.69. The number of ether oxygens (including phenoxy) is 1. The van der Waals surface area contributed by atoms with Gasteiger partial charge in [-0.25, -0.2) is 0 Å². The van der Waals surface area contributed by atoms with Crippen LogP contribution in [-0.2, 0) is 0 Å². The summed E-state index contributed by atoms with van der Waals surface area (Å²) < 4.78 is 5.79. The van der Waals surface area contributed by atoms with Gasteiger partial charge in [0.2, 0.25) is 0 Å². The van der Waals surface area contributed by atoms with Crippen molar-refractivity contribution in [3.05, 3.63) is 24.0 Å². The van der Waals surface area contributed by atoms with Gasteiger partial charge in [0.15, 0.2) is 0 Å². The summed E-state index contributed by atoms with van der Waals surface area (Å²) in [4.78, 5) is 6.58. The summed E-state index contributed by atoms with van der Waals surface area (Å²) in [7, 11) is 2.20. The van der Waals surface area contributed by atoms with Crippen LogP contribution in [-0.4, -0.2) is 42.7 Å². The van der Waals surface area contributed by atoms with Gasteiger partial charge < -0.3 is 15.4 Å². The number of aromatic nitrogens is 1. The van der Waals surface area contributed by atoms with Crippen molar-refractivity contribution in [3.63, 3.8) is 0 Å². The second kappa shape index (κ2) is 7.88. The molecule has 0 spiro atoms. The van der Waals surface area contributed by atoms with Gasteiger partial charge in [0.05, 0.1) is 19.3 Å². The monoisotopic (exact) mass is 273 g/mol. The predicted molar refractivity (Wildman–Crippen MR) is 80.6 cm³/mol. The molecule has 4 nitrogen and oxygen atoms in total. The fraction of sp³-hybridized carbons (Fsp3) is 0.562. The number of piperidine rings is 1. The van der Waals surface area contributed by atoms with Crippen LogP contribution < -0.4 is 10.5 Å². The van der Waals surface area contributed by atoms with E-state index in [1.807, 2.05) is 6.07 Å². The van der Waals surface area contributed by atoms with Crippen molar-refractivity contribution in [2.24, 2.45) is 5.73 Å². The van der Waals surface area contributed by atoms with Gasteiger partial charge in [-0.3, -0.25) is 4.98 Å². The minimum absolute atomic E-state index is 0.360. The van der Waals surface area contributed by atoms with E-state index in [0.29, 0.717) is 12.6 Å². The normalized spacial score (nSPS) is 19.2. The summed E-state index contributed by atoms with van der Waals surface area (Å²) in [6.07, 6.45) is 8.46. The van der Waals surface area contributed by atoms with Gasteiger partial charge in [-0.1, -0.05) is 18.3 Å². The van der Waals surface area contributed by atoms with E-state index in [4.69, 9.17) is 10.5 Å². The molecule has 2 rings (SSSR count). The maximum atomic E-state index is 5.79. The Morgan fingerprint density at radius 1 is 1.45 bits per heavy atom. The molecule has 1 aromatic rings. The Morgan fingerprint density at radius 3 is 3.15 bits per heavy atom. The van der Waals surface area contributed by atoms with E-state index in [-0.39, 0.29) is 0 Å². The van der Waals surface area contributed by atoms with Crippen molar-refractivity contribution in [2.75, 3.05) is 26.7 Å². The van der Waals surface area contributed by atoms with E-state index in [1.54, 1.807) is 12.4 Å². The van der Waals surface area contributed by atoms with Crippen LogP contribution in [0.15, 0.2) is 18.5 Å². The zero-order valence-corrected chi connectivity index (χ0v) is 12.1. The van der Waals surface area contributed by atoms with Crippen LogP contribution >= 0.6 is 0 Å². The molecular formula is C16H23N3O. The van der Waals surface area contributed by atoms with Crippen LogP contribution in [0.1, 0.15) is 31.2 Å². The molecule has 0 aromatic carbocycles. The fourth-order valence-electron chi connectivity index (χ4n) is 2.54. The van der Waals surface area contributed by atoms with E-state index in [0.717, 1.165) is 24.3 Å². The number of likely N-dealkylation sites (tertiary alicyclic amines) is 1. The summed E-state index contributed by atoms with van der Waals surface area (Å²) >= 11 is 0. The predicted octanol–water partition coefficient (Wildman–Crippen LogP) is 1.65. The fourth-order valence-corrected chi connectivity index (χ4v) is 2.54. The Morgan fingerprint density at radius 2 is 2.35 bits per heavy atom. The molecule has 1 aliphatic heterocycles. The van der Waals surface area contributed by atoms with Gasteiger partial charge >= 0.3 is 0 Å². The topological polar surface area (TPSA) is 51.4 Å². The molecule has 108 valence electrons. The van der Waals surface area contributed by atoms with Crippen LogP contribution in [0.4, 0.5) is 0 Å². The van der Waals surface area contributed by atoms with Crippen molar-refractivity contribution in [2.45, 2.75) is 31.7 Å². The first-order valence-corrected chi connectivity index (χ1v) is 7.26. The lowest BCUT2D eigenvalue weighted by atomic mass is 10.0. The smallest absolute Gasteiger partial charge is 0.138 e. The molecule has 1 aliphatic rings. The van der Waals surface area contributed by atoms with Crippen LogP contribution in [0.2, 0.25) is 0 Å². The number of rotatable bonds is 4. The average Bonchev–Trinajstić information content (AvgIpc) is 2.48. The molecule has 4 heteroatoms. The molecule has 0 amide bonds. The summed E-state index contributed by atoms with van der Waals surface area (Å²) in [5.41, 5.74) is 6.21. The zero-order chi connectivity index (χ0) is 14.2. The van der Waals surface area contributed by atoms with Gasteiger partial charge in [0.1, 0.15) is 5.75 Å². The first kappa shape index (κ1) is 14.8. The minimum atomic E-state index is 0.360. The quantitative estimate of drug-likeness (QED) is 0.847. The summed E-state index contributed by atoms with van der Waals surface area (Å²) in [6, 6.07) is 2.57. The lowest BCUT2D eigenvalue weighted by Gasteiger charge is -2.32. The lowest BCUT2D eigenvalue weighted by Crippen LogP contribution is -2.37. The second-order valence-electron chi connectivity index (χ2n) is 5.18. The van der Waals surface area contributed by atoms with Crippen molar-refractivity contribution in [1.82, 2.24) is 9.88 Å². The Bertz CT molecular complexity index is 478. The Kier molecular flexibility index (Phi) is 5.85. The largest absolute Gasteiger partial charge is 0.492 e. The molecular weight excluding hydrogens is 250 g/mol. The molecule has 2 heterocycles. The highest BCUT2D eigenvalue weighted by Gasteiger charge is 2.18. The van der Waals surface area contributed by atoms with Crippen LogP contribution in [0.3, 0.4) is 0 Å². The summed E-state index contributed by atoms with van der Waals surface area (Å²) in [6.45, 7) is 2.29. The number of nitrogens with two attached hydrogens (primary N) is 1. The molecule has 1 aromatic heterocycles. The lowest BCUT2D eigenvalue weighted by molar-refractivity contribution is 0.153. The van der Waals surface area contributed by atoms with E-state index < -0.39 is 0 Å². The molecule has 1 fully saturated rings. The van der Waals surface area contributed by atoms with Crippen molar-refractivity contribution in [3.8, 4) is 17.6 Å². The van der Waals surface area contributed by atoms with Crippen LogP contribution in [0.5, 0.6) is 5.75 Å². The van der Waals surface area contributed by atoms with Gasteiger partial charge in [-0.15, -0.1) is 0 Å². The van der Waals surface area contributed by atoms with Gasteiger partial charge in [-0.05, 0) is 38.9 Å². The Labute approximate surface area is 121 Å². The van der Waals surface area contributed by atoms with E-state index >= 15 is 0 Å². The highest BCUT2D eigenvalue weighted by molar-refractivity contribution is 5.36. The molecule has 0 radical (unpaired) electrons. The van der Waals surface area contributed by atoms with Crippen molar-refractivity contribution in [1.29, 1.82) is 0 Å². The zero-order valence-electron chi connectivity index (χ0n) is 12.1. The maximum absolute atomic E-state index is 5.79. The first-order chi connectivity index (χ1) is 9.79. The molecule has 0 saturated carbocycles. The third kappa shape index (κ3) is 4.52. The highest BCUT2D eigenvalue weighted by atomic mass is 16.5. The molecule has 20 heavy (non-hydrogen) atoms. The van der Waals surface area contributed by atoms with E-state index in [9.17, 15) is 0 Å². The van der Waals surface area contributed by atoms with Crippen molar-refractivity contribution < 1.29 is 4.74 Å². The van der Waals surface area contributed by atoms with E-state index in [1.165, 1.54) is 25.8 Å². The number of hydrogen-bond donors (Lipinski definition) is 1. The SMILES string of the molecule is CN1CCCCC1CCOc1cncc(C#CCN)c1. The third-order valence-electron chi connectivity index (χ3n) is 3.69. The molecule has 1 atom stereocenters.